The summed E-state index contributed by atoms with van der Waals surface area (Å²) in [5.41, 5.74) is 6.93. The van der Waals surface area contributed by atoms with Crippen molar-refractivity contribution in [2.45, 2.75) is 17.9 Å². The van der Waals surface area contributed by atoms with Crippen molar-refractivity contribution in [2.75, 3.05) is 6.26 Å². The predicted octanol–water partition coefficient (Wildman–Crippen LogP) is 4.22. The van der Waals surface area contributed by atoms with Gasteiger partial charge < -0.3 is 10.5 Å². The van der Waals surface area contributed by atoms with E-state index in [1.807, 2.05) is 55.6 Å². The van der Waals surface area contributed by atoms with Crippen LogP contribution in [0.2, 0.25) is 0 Å². The van der Waals surface area contributed by atoms with Crippen LogP contribution in [0.1, 0.15) is 18.5 Å². The molecule has 0 aliphatic carbocycles. The maximum absolute atomic E-state index is 5.87. The Balaban J connectivity index is 2.18. The monoisotopic (exact) mass is 259 g/mol. The molecule has 0 aliphatic rings. The summed E-state index contributed by atoms with van der Waals surface area (Å²) >= 11 is 1.68. The summed E-state index contributed by atoms with van der Waals surface area (Å²) in [6.07, 6.45) is 2.04. The van der Waals surface area contributed by atoms with E-state index in [0.29, 0.717) is 0 Å². The fourth-order valence-corrected chi connectivity index (χ4v) is 2.20. The first-order valence-electron chi connectivity index (χ1n) is 5.87. The minimum Gasteiger partial charge on any atom is -0.456 e. The molecule has 2 nitrogen and oxygen atoms in total. The molecule has 0 aliphatic heterocycles. The van der Waals surface area contributed by atoms with Crippen molar-refractivity contribution in [3.8, 4) is 11.5 Å². The largest absolute Gasteiger partial charge is 0.456 e. The van der Waals surface area contributed by atoms with Crippen molar-refractivity contribution < 1.29 is 4.74 Å². The Bertz CT molecular complexity index is 508. The molecule has 0 bridgehead atoms. The molecule has 2 aromatic carbocycles. The summed E-state index contributed by atoms with van der Waals surface area (Å²) in [6.45, 7) is 1.97. The number of nitrogens with two attached hydrogens (primary N) is 1. The second-order valence-corrected chi connectivity index (χ2v) is 4.96. The lowest BCUT2D eigenvalue weighted by molar-refractivity contribution is 0.471. The Hall–Kier alpha value is -1.45. The third-order valence-corrected chi connectivity index (χ3v) is 3.48. The quantitative estimate of drug-likeness (QED) is 0.835. The molecule has 1 atom stereocenters. The number of benzene rings is 2. The van der Waals surface area contributed by atoms with Gasteiger partial charge in [0, 0.05) is 10.9 Å². The number of rotatable bonds is 4. The molecule has 0 unspecified atom stereocenters. The van der Waals surface area contributed by atoms with Crippen LogP contribution >= 0.6 is 11.8 Å². The summed E-state index contributed by atoms with van der Waals surface area (Å²) in [7, 11) is 0. The fraction of sp³-hybridized carbons (Fsp3) is 0.200. The second kappa shape index (κ2) is 5.94. The maximum Gasteiger partial charge on any atom is 0.140 e. The zero-order valence-electron chi connectivity index (χ0n) is 10.6. The standard InChI is InChI=1S/C15H17NOS/c1-11(16)12-7-9-13(10-8-12)17-14-5-3-4-6-15(14)18-2/h3-11H,16H2,1-2H3/t11-/m0/s1. The molecule has 0 saturated carbocycles. The SMILES string of the molecule is CSc1ccccc1Oc1ccc([C@H](C)N)cc1. The number of ether oxygens (including phenoxy) is 1. The van der Waals surface area contributed by atoms with E-state index in [0.717, 1.165) is 22.0 Å². The van der Waals surface area contributed by atoms with Gasteiger partial charge in [-0.25, -0.2) is 0 Å². The Labute approximate surface area is 112 Å². The van der Waals surface area contributed by atoms with Crippen LogP contribution in [0.5, 0.6) is 11.5 Å². The third kappa shape index (κ3) is 3.06. The first-order chi connectivity index (χ1) is 8.70. The van der Waals surface area contributed by atoms with Gasteiger partial charge >= 0.3 is 0 Å². The Kier molecular flexibility index (Phi) is 4.28. The predicted molar refractivity (Wildman–Crippen MR) is 77.3 cm³/mol. The normalized spacial score (nSPS) is 12.2. The summed E-state index contributed by atoms with van der Waals surface area (Å²) in [5, 5.41) is 0. The van der Waals surface area contributed by atoms with Gasteiger partial charge in [-0.15, -0.1) is 11.8 Å². The van der Waals surface area contributed by atoms with E-state index >= 15 is 0 Å². The van der Waals surface area contributed by atoms with E-state index in [1.165, 1.54) is 0 Å². The number of para-hydroxylation sites is 1. The lowest BCUT2D eigenvalue weighted by atomic mass is 10.1. The van der Waals surface area contributed by atoms with Crippen molar-refractivity contribution in [3.05, 3.63) is 54.1 Å². The molecule has 0 heterocycles. The van der Waals surface area contributed by atoms with Crippen molar-refractivity contribution in [3.63, 3.8) is 0 Å². The highest BCUT2D eigenvalue weighted by Gasteiger charge is 2.04. The summed E-state index contributed by atoms with van der Waals surface area (Å²) in [5.74, 6) is 1.72. The fourth-order valence-electron chi connectivity index (χ4n) is 1.67. The molecular weight excluding hydrogens is 242 g/mol. The van der Waals surface area contributed by atoms with Crippen LogP contribution in [0.25, 0.3) is 0 Å². The van der Waals surface area contributed by atoms with Crippen molar-refractivity contribution >= 4 is 11.8 Å². The Morgan fingerprint density at radius 3 is 2.33 bits per heavy atom. The van der Waals surface area contributed by atoms with Crippen molar-refractivity contribution in [2.24, 2.45) is 5.73 Å². The topological polar surface area (TPSA) is 35.2 Å². The molecule has 0 fully saturated rings. The first kappa shape index (κ1) is 13.0. The molecule has 0 spiro atoms. The lowest BCUT2D eigenvalue weighted by Crippen LogP contribution is -2.04. The van der Waals surface area contributed by atoms with Crippen LogP contribution in [0.15, 0.2) is 53.4 Å². The molecule has 94 valence electrons. The van der Waals surface area contributed by atoms with Gasteiger partial charge in [0.2, 0.25) is 0 Å². The average molecular weight is 259 g/mol. The summed E-state index contributed by atoms with van der Waals surface area (Å²) in [4.78, 5) is 1.13. The molecule has 2 rings (SSSR count). The summed E-state index contributed by atoms with van der Waals surface area (Å²) in [6, 6.07) is 16.0. The van der Waals surface area contributed by atoms with E-state index < -0.39 is 0 Å². The Morgan fingerprint density at radius 2 is 1.72 bits per heavy atom. The number of thioether (sulfide) groups is 1. The molecule has 0 saturated heterocycles. The lowest BCUT2D eigenvalue weighted by Gasteiger charge is -2.11. The van der Waals surface area contributed by atoms with Gasteiger partial charge in [-0.2, -0.15) is 0 Å². The molecule has 3 heteroatoms. The van der Waals surface area contributed by atoms with E-state index in [-0.39, 0.29) is 6.04 Å². The molecule has 0 aromatic heterocycles. The van der Waals surface area contributed by atoms with Gasteiger partial charge in [0.1, 0.15) is 11.5 Å². The Morgan fingerprint density at radius 1 is 1.06 bits per heavy atom. The van der Waals surface area contributed by atoms with E-state index in [2.05, 4.69) is 6.07 Å². The van der Waals surface area contributed by atoms with Crippen LogP contribution in [-0.4, -0.2) is 6.26 Å². The van der Waals surface area contributed by atoms with Crippen LogP contribution in [0.3, 0.4) is 0 Å². The van der Waals surface area contributed by atoms with Gasteiger partial charge in [0.05, 0.1) is 0 Å². The molecule has 0 amide bonds. The van der Waals surface area contributed by atoms with Crippen molar-refractivity contribution in [1.82, 2.24) is 0 Å². The van der Waals surface area contributed by atoms with Gasteiger partial charge in [-0.3, -0.25) is 0 Å². The highest BCUT2D eigenvalue weighted by atomic mass is 32.2. The van der Waals surface area contributed by atoms with Crippen LogP contribution in [0, 0.1) is 0 Å². The smallest absolute Gasteiger partial charge is 0.140 e. The van der Waals surface area contributed by atoms with Crippen LogP contribution in [0.4, 0.5) is 0 Å². The zero-order chi connectivity index (χ0) is 13.0. The van der Waals surface area contributed by atoms with Crippen LogP contribution < -0.4 is 10.5 Å². The highest BCUT2D eigenvalue weighted by molar-refractivity contribution is 7.98. The van der Waals surface area contributed by atoms with Crippen molar-refractivity contribution in [1.29, 1.82) is 0 Å². The van der Waals surface area contributed by atoms with Crippen LogP contribution in [-0.2, 0) is 0 Å². The minimum absolute atomic E-state index is 0.0533. The molecule has 18 heavy (non-hydrogen) atoms. The zero-order valence-corrected chi connectivity index (χ0v) is 11.4. The number of hydrogen-bond donors (Lipinski definition) is 1. The molecular formula is C15H17NOS. The van der Waals surface area contributed by atoms with Gasteiger partial charge in [0.15, 0.2) is 0 Å². The van der Waals surface area contributed by atoms with E-state index in [1.54, 1.807) is 11.8 Å². The second-order valence-electron chi connectivity index (χ2n) is 4.11. The number of hydrogen-bond acceptors (Lipinski definition) is 3. The third-order valence-electron chi connectivity index (χ3n) is 2.70. The van der Waals surface area contributed by atoms with E-state index in [4.69, 9.17) is 10.5 Å². The molecule has 2 N–H and O–H groups in total. The van der Waals surface area contributed by atoms with Gasteiger partial charge in [-0.05, 0) is 43.0 Å². The van der Waals surface area contributed by atoms with Gasteiger partial charge in [0.25, 0.3) is 0 Å². The summed E-state index contributed by atoms with van der Waals surface area (Å²) < 4.78 is 5.87. The first-order valence-corrected chi connectivity index (χ1v) is 7.09. The van der Waals surface area contributed by atoms with E-state index in [9.17, 15) is 0 Å². The maximum atomic E-state index is 5.87. The van der Waals surface area contributed by atoms with Gasteiger partial charge in [-0.1, -0.05) is 24.3 Å². The molecule has 0 radical (unpaired) electrons. The average Bonchev–Trinajstić information content (AvgIpc) is 2.40. The minimum atomic E-state index is 0.0533. The molecule has 2 aromatic rings. The highest BCUT2D eigenvalue weighted by Crippen LogP contribution is 2.31.